The molecule has 2 rings (SSSR count). The van der Waals surface area contributed by atoms with Gasteiger partial charge in [-0.15, -0.1) is 0 Å². The first-order valence-electron chi connectivity index (χ1n) is 6.92. The number of nitrogen functional groups attached to an aromatic ring is 1. The van der Waals surface area contributed by atoms with E-state index in [0.717, 1.165) is 44.2 Å². The summed E-state index contributed by atoms with van der Waals surface area (Å²) in [6, 6.07) is 3.12. The molecule has 0 atom stereocenters. The van der Waals surface area contributed by atoms with E-state index in [0.29, 0.717) is 0 Å². The molecule has 1 saturated heterocycles. The molecule has 0 bridgehead atoms. The van der Waals surface area contributed by atoms with Crippen molar-refractivity contribution in [3.8, 4) is 0 Å². The van der Waals surface area contributed by atoms with Crippen LogP contribution < -0.4 is 16.0 Å². The largest absolute Gasteiger partial charge is 0.378 e. The maximum absolute atomic E-state index is 10.7. The van der Waals surface area contributed by atoms with Crippen molar-refractivity contribution < 1.29 is 4.92 Å². The molecule has 20 heavy (non-hydrogen) atoms. The zero-order chi connectivity index (χ0) is 14.5. The maximum atomic E-state index is 10.7. The summed E-state index contributed by atoms with van der Waals surface area (Å²) in [7, 11) is 1.97. The third kappa shape index (κ3) is 3.36. The molecule has 1 aromatic heterocycles. The second-order valence-electron chi connectivity index (χ2n) is 5.15. The lowest BCUT2D eigenvalue weighted by molar-refractivity contribution is -0.384. The Balaban J connectivity index is 1.97. The van der Waals surface area contributed by atoms with Gasteiger partial charge in [-0.2, -0.15) is 0 Å². The van der Waals surface area contributed by atoms with Crippen molar-refractivity contribution in [3.05, 3.63) is 22.2 Å². The standard InChI is InChI=1S/C13H21N5O2/c1-15-7-4-10-5-8-17(9-6-10)12-3-2-11(18(19)20)13(14)16-12/h2-3,10,15H,4-9H2,1H3,(H2,14,16). The first-order chi connectivity index (χ1) is 9.61. The number of hydrogen-bond acceptors (Lipinski definition) is 6. The number of piperidine rings is 1. The van der Waals surface area contributed by atoms with E-state index in [9.17, 15) is 10.1 Å². The molecule has 7 nitrogen and oxygen atoms in total. The highest BCUT2D eigenvalue weighted by Crippen LogP contribution is 2.27. The molecule has 0 aromatic carbocycles. The van der Waals surface area contributed by atoms with Crippen molar-refractivity contribution in [1.82, 2.24) is 10.3 Å². The van der Waals surface area contributed by atoms with Gasteiger partial charge in [-0.3, -0.25) is 10.1 Å². The summed E-state index contributed by atoms with van der Waals surface area (Å²) in [6.07, 6.45) is 3.45. The van der Waals surface area contributed by atoms with Gasteiger partial charge in [0, 0.05) is 19.2 Å². The van der Waals surface area contributed by atoms with E-state index < -0.39 is 4.92 Å². The van der Waals surface area contributed by atoms with Crippen LogP contribution in [-0.2, 0) is 0 Å². The zero-order valence-corrected chi connectivity index (χ0v) is 11.7. The van der Waals surface area contributed by atoms with Crippen LogP contribution in [0.1, 0.15) is 19.3 Å². The average Bonchev–Trinajstić information content (AvgIpc) is 2.45. The van der Waals surface area contributed by atoms with Crippen LogP contribution in [0.5, 0.6) is 0 Å². The van der Waals surface area contributed by atoms with E-state index in [4.69, 9.17) is 5.73 Å². The third-order valence-electron chi connectivity index (χ3n) is 3.83. The maximum Gasteiger partial charge on any atom is 0.311 e. The Labute approximate surface area is 118 Å². The van der Waals surface area contributed by atoms with Crippen LogP contribution in [0.2, 0.25) is 0 Å². The highest BCUT2D eigenvalue weighted by molar-refractivity contribution is 5.58. The molecule has 110 valence electrons. The molecule has 0 saturated carbocycles. The number of nitro groups is 1. The summed E-state index contributed by atoms with van der Waals surface area (Å²) in [4.78, 5) is 16.5. The summed E-state index contributed by atoms with van der Waals surface area (Å²) in [5, 5.41) is 13.9. The lowest BCUT2D eigenvalue weighted by atomic mass is 9.93. The van der Waals surface area contributed by atoms with Crippen molar-refractivity contribution in [2.45, 2.75) is 19.3 Å². The monoisotopic (exact) mass is 279 g/mol. The quantitative estimate of drug-likeness (QED) is 0.624. The fraction of sp³-hybridized carbons (Fsp3) is 0.615. The number of pyridine rings is 1. The second kappa shape index (κ2) is 6.51. The van der Waals surface area contributed by atoms with Crippen molar-refractivity contribution in [2.75, 3.05) is 37.3 Å². The van der Waals surface area contributed by atoms with Gasteiger partial charge in [-0.1, -0.05) is 0 Å². The number of nitrogens with one attached hydrogen (secondary N) is 1. The topological polar surface area (TPSA) is 97.3 Å². The minimum Gasteiger partial charge on any atom is -0.378 e. The summed E-state index contributed by atoms with van der Waals surface area (Å²) in [5.74, 6) is 1.47. The second-order valence-corrected chi connectivity index (χ2v) is 5.15. The minimum atomic E-state index is -0.504. The molecule has 1 aromatic rings. The van der Waals surface area contributed by atoms with Crippen LogP contribution in [0.15, 0.2) is 12.1 Å². The molecule has 0 unspecified atom stereocenters. The molecule has 0 amide bonds. The average molecular weight is 279 g/mol. The van der Waals surface area contributed by atoms with Gasteiger partial charge >= 0.3 is 5.69 Å². The van der Waals surface area contributed by atoms with Gasteiger partial charge < -0.3 is 16.0 Å². The Hall–Kier alpha value is -1.89. The van der Waals surface area contributed by atoms with Crippen molar-refractivity contribution >= 4 is 17.3 Å². The molecule has 0 radical (unpaired) electrons. The number of rotatable bonds is 5. The number of anilines is 2. The van der Waals surface area contributed by atoms with Crippen molar-refractivity contribution in [3.63, 3.8) is 0 Å². The van der Waals surface area contributed by atoms with Gasteiger partial charge in [0.25, 0.3) is 0 Å². The van der Waals surface area contributed by atoms with E-state index >= 15 is 0 Å². The van der Waals surface area contributed by atoms with Crippen LogP contribution in [0.25, 0.3) is 0 Å². The molecule has 1 aliphatic heterocycles. The molecular weight excluding hydrogens is 258 g/mol. The molecular formula is C13H21N5O2. The van der Waals surface area contributed by atoms with E-state index in [1.165, 1.54) is 12.5 Å². The summed E-state index contributed by atoms with van der Waals surface area (Å²) >= 11 is 0. The third-order valence-corrected chi connectivity index (χ3v) is 3.83. The molecule has 1 aliphatic rings. The number of nitrogens with two attached hydrogens (primary N) is 1. The predicted octanol–water partition coefficient (Wildman–Crippen LogP) is 1.40. The highest BCUT2D eigenvalue weighted by atomic mass is 16.6. The first-order valence-corrected chi connectivity index (χ1v) is 6.92. The Morgan fingerprint density at radius 1 is 1.50 bits per heavy atom. The highest BCUT2D eigenvalue weighted by Gasteiger charge is 2.21. The lowest BCUT2D eigenvalue weighted by Crippen LogP contribution is -2.35. The van der Waals surface area contributed by atoms with Gasteiger partial charge in [0.1, 0.15) is 5.82 Å². The Kier molecular flexibility index (Phi) is 4.73. The van der Waals surface area contributed by atoms with Crippen molar-refractivity contribution in [1.29, 1.82) is 0 Å². The summed E-state index contributed by atoms with van der Waals surface area (Å²) in [5.41, 5.74) is 5.51. The molecule has 3 N–H and O–H groups in total. The number of nitrogens with zero attached hydrogens (tertiary/aromatic N) is 3. The SMILES string of the molecule is CNCCC1CCN(c2ccc([N+](=O)[O-])c(N)n2)CC1. The van der Waals surface area contributed by atoms with Gasteiger partial charge in [0.2, 0.25) is 5.82 Å². The van der Waals surface area contributed by atoms with E-state index in [1.54, 1.807) is 6.07 Å². The van der Waals surface area contributed by atoms with E-state index in [1.807, 2.05) is 7.05 Å². The molecule has 2 heterocycles. The lowest BCUT2D eigenvalue weighted by Gasteiger charge is -2.32. The van der Waals surface area contributed by atoms with E-state index in [2.05, 4.69) is 15.2 Å². The molecule has 1 fully saturated rings. The van der Waals surface area contributed by atoms with Gasteiger partial charge in [-0.25, -0.2) is 4.98 Å². The Morgan fingerprint density at radius 2 is 2.20 bits per heavy atom. The first kappa shape index (κ1) is 14.5. The molecule has 7 heteroatoms. The summed E-state index contributed by atoms with van der Waals surface area (Å²) in [6.45, 7) is 2.91. The van der Waals surface area contributed by atoms with Crippen molar-refractivity contribution in [2.24, 2.45) is 5.92 Å². The van der Waals surface area contributed by atoms with Crippen LogP contribution in [-0.4, -0.2) is 36.6 Å². The predicted molar refractivity (Wildman–Crippen MR) is 78.8 cm³/mol. The van der Waals surface area contributed by atoms with Gasteiger partial charge in [0.15, 0.2) is 0 Å². The Morgan fingerprint density at radius 3 is 2.75 bits per heavy atom. The number of hydrogen-bond donors (Lipinski definition) is 2. The van der Waals surface area contributed by atoms with Gasteiger partial charge in [-0.05, 0) is 44.8 Å². The van der Waals surface area contributed by atoms with Gasteiger partial charge in [0.05, 0.1) is 4.92 Å². The zero-order valence-electron chi connectivity index (χ0n) is 11.7. The fourth-order valence-corrected chi connectivity index (χ4v) is 2.59. The fourth-order valence-electron chi connectivity index (χ4n) is 2.59. The molecule has 0 spiro atoms. The summed E-state index contributed by atoms with van der Waals surface area (Å²) < 4.78 is 0. The van der Waals surface area contributed by atoms with Crippen LogP contribution in [0.4, 0.5) is 17.3 Å². The molecule has 0 aliphatic carbocycles. The van der Waals surface area contributed by atoms with E-state index in [-0.39, 0.29) is 11.5 Å². The van der Waals surface area contributed by atoms with Crippen LogP contribution in [0.3, 0.4) is 0 Å². The smallest absolute Gasteiger partial charge is 0.311 e. The Bertz CT molecular complexity index is 472. The minimum absolute atomic E-state index is 0.00944. The van der Waals surface area contributed by atoms with Crippen LogP contribution in [0, 0.1) is 16.0 Å². The normalized spacial score (nSPS) is 16.4. The number of aromatic nitrogens is 1. The van der Waals surface area contributed by atoms with Crippen LogP contribution >= 0.6 is 0 Å².